The molecule has 0 fully saturated rings. The Kier molecular flexibility index (Phi) is 6.07. The number of halogens is 3. The second kappa shape index (κ2) is 7.41. The zero-order valence-electron chi connectivity index (χ0n) is 14.6. The molecule has 0 bridgehead atoms. The summed E-state index contributed by atoms with van der Waals surface area (Å²) >= 11 is 1.03. The SMILES string of the molecule is CCCSP(=O)(OCC)Oc1ccc(C(F)(F)F)c2c1OC(C)(C)C2. The minimum absolute atomic E-state index is 0.00292. The molecule has 1 aliphatic rings. The Labute approximate surface area is 149 Å². The van der Waals surface area contributed by atoms with E-state index in [1.807, 2.05) is 6.92 Å². The highest BCUT2D eigenvalue weighted by Crippen LogP contribution is 2.62. The minimum Gasteiger partial charge on any atom is -0.483 e. The first-order valence-electron chi connectivity index (χ1n) is 8.02. The van der Waals surface area contributed by atoms with Crippen LogP contribution < -0.4 is 9.26 Å². The topological polar surface area (TPSA) is 44.8 Å². The lowest BCUT2D eigenvalue weighted by Gasteiger charge is -2.21. The standard InChI is InChI=1S/C16H22F3O4PS/c1-5-9-25-24(20,21-6-2)23-13-8-7-12(16(17,18)19)11-10-15(3,4)22-14(11)13/h7-8H,5-6,9-10H2,1-4H3. The van der Waals surface area contributed by atoms with Crippen LogP contribution in [0.25, 0.3) is 0 Å². The Hall–Kier alpha value is -0.850. The molecule has 1 aliphatic heterocycles. The van der Waals surface area contributed by atoms with E-state index in [9.17, 15) is 17.7 Å². The van der Waals surface area contributed by atoms with Crippen LogP contribution in [0.4, 0.5) is 13.2 Å². The summed E-state index contributed by atoms with van der Waals surface area (Å²) in [6.45, 7) is 3.64. The first-order valence-corrected chi connectivity index (χ1v) is 11.2. The van der Waals surface area contributed by atoms with Gasteiger partial charge >= 0.3 is 13.0 Å². The Morgan fingerprint density at radius 2 is 2.00 bits per heavy atom. The number of hydrogen-bond acceptors (Lipinski definition) is 5. The minimum atomic E-state index is -4.49. The average molecular weight is 398 g/mol. The van der Waals surface area contributed by atoms with E-state index in [-0.39, 0.29) is 30.1 Å². The monoisotopic (exact) mass is 398 g/mol. The van der Waals surface area contributed by atoms with E-state index < -0.39 is 24.1 Å². The first kappa shape index (κ1) is 20.5. The summed E-state index contributed by atoms with van der Waals surface area (Å²) in [6, 6.07) is 2.10. The van der Waals surface area contributed by atoms with Crippen LogP contribution in [0, 0.1) is 0 Å². The Morgan fingerprint density at radius 3 is 2.56 bits per heavy atom. The molecule has 9 heteroatoms. The van der Waals surface area contributed by atoms with Crippen molar-refractivity contribution in [1.82, 2.24) is 0 Å². The summed E-state index contributed by atoms with van der Waals surface area (Å²) in [4.78, 5) is 0. The number of alkyl halides is 3. The largest absolute Gasteiger partial charge is 0.483 e. The fraction of sp³-hybridized carbons (Fsp3) is 0.625. The Bertz CT molecular complexity index is 676. The fourth-order valence-corrected chi connectivity index (χ4v) is 5.99. The summed E-state index contributed by atoms with van der Waals surface area (Å²) in [6.07, 6.45) is -3.64. The van der Waals surface area contributed by atoms with Crippen molar-refractivity contribution in [3.05, 3.63) is 23.3 Å². The van der Waals surface area contributed by atoms with E-state index in [2.05, 4.69) is 0 Å². The second-order valence-electron chi connectivity index (χ2n) is 6.24. The molecule has 0 saturated carbocycles. The first-order chi connectivity index (χ1) is 11.5. The van der Waals surface area contributed by atoms with Crippen molar-refractivity contribution in [2.75, 3.05) is 12.4 Å². The molecule has 0 spiro atoms. The molecule has 1 aromatic carbocycles. The van der Waals surface area contributed by atoms with Gasteiger partial charge in [-0.15, -0.1) is 0 Å². The summed E-state index contributed by atoms with van der Waals surface area (Å²) in [5.41, 5.74) is -1.53. The van der Waals surface area contributed by atoms with Gasteiger partial charge < -0.3 is 9.26 Å². The molecular weight excluding hydrogens is 376 g/mol. The van der Waals surface area contributed by atoms with E-state index in [1.54, 1.807) is 20.8 Å². The van der Waals surface area contributed by atoms with Gasteiger partial charge in [0.25, 0.3) is 0 Å². The molecule has 2 rings (SSSR count). The maximum atomic E-state index is 13.3. The van der Waals surface area contributed by atoms with Crippen LogP contribution in [0.2, 0.25) is 0 Å². The van der Waals surface area contributed by atoms with Crippen LogP contribution >= 0.6 is 18.2 Å². The van der Waals surface area contributed by atoms with E-state index in [4.69, 9.17) is 13.8 Å². The maximum absolute atomic E-state index is 13.3. The van der Waals surface area contributed by atoms with Gasteiger partial charge in [-0.2, -0.15) is 13.2 Å². The molecule has 0 aromatic heterocycles. The third-order valence-corrected chi connectivity index (χ3v) is 7.40. The average Bonchev–Trinajstić information content (AvgIpc) is 2.80. The van der Waals surface area contributed by atoms with Gasteiger partial charge in [0.1, 0.15) is 5.60 Å². The zero-order valence-corrected chi connectivity index (χ0v) is 16.3. The van der Waals surface area contributed by atoms with Crippen molar-refractivity contribution in [3.8, 4) is 11.5 Å². The lowest BCUT2D eigenvalue weighted by Crippen LogP contribution is -2.25. The molecule has 1 unspecified atom stereocenters. The zero-order chi connectivity index (χ0) is 18.9. The van der Waals surface area contributed by atoms with Crippen molar-refractivity contribution < 1.29 is 31.5 Å². The highest BCUT2D eigenvalue weighted by Gasteiger charge is 2.43. The predicted octanol–water partition coefficient (Wildman–Crippen LogP) is 6.09. The van der Waals surface area contributed by atoms with Crippen molar-refractivity contribution in [2.24, 2.45) is 0 Å². The number of rotatable bonds is 7. The van der Waals surface area contributed by atoms with Gasteiger partial charge in [0, 0.05) is 17.7 Å². The Morgan fingerprint density at radius 1 is 1.32 bits per heavy atom. The van der Waals surface area contributed by atoms with Gasteiger partial charge in [-0.05, 0) is 50.7 Å². The fourth-order valence-electron chi connectivity index (χ4n) is 2.54. The summed E-state index contributed by atoms with van der Waals surface area (Å²) in [5.74, 6) is 0.567. The van der Waals surface area contributed by atoms with Crippen LogP contribution in [-0.2, 0) is 21.7 Å². The number of hydrogen-bond donors (Lipinski definition) is 0. The van der Waals surface area contributed by atoms with Crippen LogP contribution in [0.1, 0.15) is 45.2 Å². The van der Waals surface area contributed by atoms with E-state index >= 15 is 0 Å². The third-order valence-electron chi connectivity index (χ3n) is 3.46. The number of ether oxygens (including phenoxy) is 1. The lowest BCUT2D eigenvalue weighted by molar-refractivity contribution is -0.138. The van der Waals surface area contributed by atoms with Crippen molar-refractivity contribution in [2.45, 2.75) is 52.3 Å². The van der Waals surface area contributed by atoms with Crippen LogP contribution in [0.15, 0.2) is 12.1 Å². The normalized spacial score (nSPS) is 18.4. The van der Waals surface area contributed by atoms with E-state index in [0.29, 0.717) is 5.75 Å². The van der Waals surface area contributed by atoms with Crippen LogP contribution in [0.5, 0.6) is 11.5 Å². The molecule has 1 atom stereocenters. The van der Waals surface area contributed by atoms with Crippen molar-refractivity contribution in [3.63, 3.8) is 0 Å². The number of benzene rings is 1. The van der Waals surface area contributed by atoms with Gasteiger partial charge in [-0.3, -0.25) is 4.52 Å². The molecule has 0 amide bonds. The molecule has 1 heterocycles. The molecular formula is C16H22F3O4PS. The molecule has 142 valence electrons. The summed E-state index contributed by atoms with van der Waals surface area (Å²) < 4.78 is 69.1. The highest BCUT2D eigenvalue weighted by molar-refractivity contribution is 8.55. The molecule has 0 saturated heterocycles. The highest BCUT2D eigenvalue weighted by atomic mass is 32.7. The van der Waals surface area contributed by atoms with Crippen molar-refractivity contribution >= 4 is 18.2 Å². The predicted molar refractivity (Wildman–Crippen MR) is 92.5 cm³/mol. The second-order valence-corrected chi connectivity index (χ2v) is 10.4. The molecule has 0 N–H and O–H groups in total. The smallest absolute Gasteiger partial charge is 0.440 e. The van der Waals surface area contributed by atoms with Gasteiger partial charge in [0.2, 0.25) is 0 Å². The maximum Gasteiger partial charge on any atom is 0.440 e. The van der Waals surface area contributed by atoms with Gasteiger partial charge in [0.15, 0.2) is 11.5 Å². The third kappa shape index (κ3) is 4.86. The van der Waals surface area contributed by atoms with E-state index in [0.717, 1.165) is 29.9 Å². The quantitative estimate of drug-likeness (QED) is 0.521. The van der Waals surface area contributed by atoms with Gasteiger partial charge in [-0.25, -0.2) is 4.57 Å². The molecule has 0 aliphatic carbocycles. The molecule has 25 heavy (non-hydrogen) atoms. The summed E-state index contributed by atoms with van der Waals surface area (Å²) in [5, 5.41) is 0. The molecule has 4 nitrogen and oxygen atoms in total. The van der Waals surface area contributed by atoms with Crippen LogP contribution in [0.3, 0.4) is 0 Å². The Balaban J connectivity index is 2.43. The van der Waals surface area contributed by atoms with Crippen molar-refractivity contribution in [1.29, 1.82) is 0 Å². The summed E-state index contributed by atoms with van der Waals surface area (Å²) in [7, 11) is 0. The van der Waals surface area contributed by atoms with Gasteiger partial charge in [-0.1, -0.05) is 6.92 Å². The lowest BCUT2D eigenvalue weighted by atomic mass is 9.97. The van der Waals surface area contributed by atoms with Crippen LogP contribution in [-0.4, -0.2) is 18.0 Å². The molecule has 0 radical (unpaired) electrons. The number of fused-ring (bicyclic) bond motifs is 1. The van der Waals surface area contributed by atoms with Gasteiger partial charge in [0.05, 0.1) is 12.2 Å². The molecule has 1 aromatic rings. The van der Waals surface area contributed by atoms with E-state index in [1.165, 1.54) is 0 Å².